The molecular weight excluding hydrogens is 317 g/mol. The molecule has 2 aliphatic rings. The third kappa shape index (κ3) is 2.80. The van der Waals surface area contributed by atoms with Crippen LogP contribution < -0.4 is 5.32 Å². The van der Waals surface area contributed by atoms with Crippen molar-refractivity contribution >= 4 is 15.9 Å². The van der Waals surface area contributed by atoms with Gasteiger partial charge in [-0.1, -0.05) is 25.5 Å². The first-order chi connectivity index (χ1) is 9.69. The maximum atomic E-state index is 14.3. The molecule has 20 heavy (non-hydrogen) atoms. The Bertz CT molecular complexity index is 476. The fourth-order valence-corrected chi connectivity index (χ4v) is 4.71. The summed E-state index contributed by atoms with van der Waals surface area (Å²) in [6.45, 7) is 2.99. The molecule has 3 heteroatoms. The van der Waals surface area contributed by atoms with Crippen molar-refractivity contribution in [1.82, 2.24) is 5.32 Å². The van der Waals surface area contributed by atoms with Crippen LogP contribution in [0.3, 0.4) is 0 Å². The summed E-state index contributed by atoms with van der Waals surface area (Å²) >= 11 is 3.31. The van der Waals surface area contributed by atoms with Crippen molar-refractivity contribution in [3.8, 4) is 0 Å². The van der Waals surface area contributed by atoms with Gasteiger partial charge in [0.05, 0.1) is 4.47 Å². The molecule has 4 unspecified atom stereocenters. The average Bonchev–Trinajstić information content (AvgIpc) is 3.04. The molecule has 2 bridgehead atoms. The van der Waals surface area contributed by atoms with Gasteiger partial charge in [0.1, 0.15) is 5.82 Å². The number of hydrogen-bond donors (Lipinski definition) is 1. The highest BCUT2D eigenvalue weighted by Crippen LogP contribution is 2.51. The second kappa shape index (κ2) is 6.15. The SMILES string of the molecule is CCNC(CC1CC2CCC1C2)c1cccc(Br)c1F. The molecule has 2 aliphatic carbocycles. The lowest BCUT2D eigenvalue weighted by Gasteiger charge is -2.28. The molecule has 4 atom stereocenters. The maximum absolute atomic E-state index is 14.3. The zero-order valence-corrected chi connectivity index (χ0v) is 13.6. The summed E-state index contributed by atoms with van der Waals surface area (Å²) in [5.74, 6) is 2.55. The van der Waals surface area contributed by atoms with Gasteiger partial charge in [0.2, 0.25) is 0 Å². The first-order valence-corrected chi connectivity index (χ1v) is 8.65. The molecule has 3 rings (SSSR count). The summed E-state index contributed by atoms with van der Waals surface area (Å²) in [6, 6.07) is 5.80. The minimum Gasteiger partial charge on any atom is -0.310 e. The van der Waals surface area contributed by atoms with E-state index in [-0.39, 0.29) is 11.9 Å². The summed E-state index contributed by atoms with van der Waals surface area (Å²) in [6.07, 6.45) is 6.70. The molecule has 0 amide bonds. The van der Waals surface area contributed by atoms with Gasteiger partial charge in [-0.3, -0.25) is 0 Å². The highest BCUT2D eigenvalue weighted by molar-refractivity contribution is 9.10. The van der Waals surface area contributed by atoms with Gasteiger partial charge in [-0.25, -0.2) is 4.39 Å². The Labute approximate surface area is 129 Å². The molecular formula is C17H23BrFN. The lowest BCUT2D eigenvalue weighted by Crippen LogP contribution is -2.26. The Morgan fingerprint density at radius 2 is 2.20 bits per heavy atom. The molecule has 110 valence electrons. The topological polar surface area (TPSA) is 12.0 Å². The number of halogens is 2. The van der Waals surface area contributed by atoms with E-state index in [4.69, 9.17) is 0 Å². The summed E-state index contributed by atoms with van der Waals surface area (Å²) in [7, 11) is 0. The Morgan fingerprint density at radius 3 is 2.85 bits per heavy atom. The van der Waals surface area contributed by atoms with E-state index < -0.39 is 0 Å². The summed E-state index contributed by atoms with van der Waals surface area (Å²) in [4.78, 5) is 0. The van der Waals surface area contributed by atoms with Crippen LogP contribution in [0.2, 0.25) is 0 Å². The van der Waals surface area contributed by atoms with Crippen molar-refractivity contribution in [1.29, 1.82) is 0 Å². The number of benzene rings is 1. The first-order valence-electron chi connectivity index (χ1n) is 7.86. The number of hydrogen-bond acceptors (Lipinski definition) is 1. The Balaban J connectivity index is 1.77. The third-order valence-electron chi connectivity index (χ3n) is 5.23. The number of fused-ring (bicyclic) bond motifs is 2. The minimum atomic E-state index is -0.0957. The second-order valence-electron chi connectivity index (χ2n) is 6.42. The van der Waals surface area contributed by atoms with Crippen LogP contribution in [0.25, 0.3) is 0 Å². The van der Waals surface area contributed by atoms with E-state index in [1.54, 1.807) is 6.07 Å². The van der Waals surface area contributed by atoms with E-state index in [0.717, 1.165) is 36.3 Å². The highest BCUT2D eigenvalue weighted by atomic mass is 79.9. The largest absolute Gasteiger partial charge is 0.310 e. The molecule has 1 aromatic rings. The zero-order chi connectivity index (χ0) is 14.1. The Hall–Kier alpha value is -0.410. The van der Waals surface area contributed by atoms with Gasteiger partial charge in [0.25, 0.3) is 0 Å². The van der Waals surface area contributed by atoms with Crippen LogP contribution in [0.4, 0.5) is 4.39 Å². The van der Waals surface area contributed by atoms with Gasteiger partial charge in [0, 0.05) is 11.6 Å². The quantitative estimate of drug-likeness (QED) is 0.789. The van der Waals surface area contributed by atoms with Crippen LogP contribution in [0.15, 0.2) is 22.7 Å². The lowest BCUT2D eigenvalue weighted by molar-refractivity contribution is 0.278. The van der Waals surface area contributed by atoms with Crippen molar-refractivity contribution in [2.75, 3.05) is 6.54 Å². The molecule has 2 fully saturated rings. The first kappa shape index (κ1) is 14.5. The standard InChI is InChI=1S/C17H23BrFN/c1-2-20-16(14-4-3-5-15(18)17(14)19)10-13-9-11-6-7-12(13)8-11/h3-5,11-13,16,20H,2,6-10H2,1H3. The molecule has 1 nitrogen and oxygen atoms in total. The van der Waals surface area contributed by atoms with E-state index in [0.29, 0.717) is 4.47 Å². The van der Waals surface area contributed by atoms with Gasteiger partial charge in [-0.05, 0) is 72.0 Å². The molecule has 1 N–H and O–H groups in total. The van der Waals surface area contributed by atoms with Crippen LogP contribution in [-0.2, 0) is 0 Å². The third-order valence-corrected chi connectivity index (χ3v) is 5.84. The molecule has 0 aromatic heterocycles. The van der Waals surface area contributed by atoms with Gasteiger partial charge in [0.15, 0.2) is 0 Å². The number of nitrogens with one attached hydrogen (secondary N) is 1. The van der Waals surface area contributed by atoms with Gasteiger partial charge < -0.3 is 5.32 Å². The summed E-state index contributed by atoms with van der Waals surface area (Å²) in [5, 5.41) is 3.49. The van der Waals surface area contributed by atoms with Gasteiger partial charge in [-0.2, -0.15) is 0 Å². The molecule has 0 spiro atoms. The van der Waals surface area contributed by atoms with Gasteiger partial charge >= 0.3 is 0 Å². The molecule has 0 radical (unpaired) electrons. The molecule has 2 saturated carbocycles. The summed E-state index contributed by atoms with van der Waals surface area (Å²) in [5.41, 5.74) is 0.823. The van der Waals surface area contributed by atoms with Crippen LogP contribution >= 0.6 is 15.9 Å². The minimum absolute atomic E-state index is 0.0957. The van der Waals surface area contributed by atoms with Crippen LogP contribution in [0, 0.1) is 23.6 Å². The predicted octanol–water partition coefficient (Wildman–Crippen LogP) is 5.07. The maximum Gasteiger partial charge on any atom is 0.142 e. The van der Waals surface area contributed by atoms with Crippen molar-refractivity contribution in [2.45, 2.75) is 45.1 Å². The Morgan fingerprint density at radius 1 is 1.35 bits per heavy atom. The van der Waals surface area contributed by atoms with Crippen molar-refractivity contribution < 1.29 is 4.39 Å². The van der Waals surface area contributed by atoms with Crippen LogP contribution in [0.5, 0.6) is 0 Å². The molecule has 0 aliphatic heterocycles. The van der Waals surface area contributed by atoms with Crippen molar-refractivity contribution in [2.24, 2.45) is 17.8 Å². The molecule has 1 aromatic carbocycles. The predicted molar refractivity (Wildman–Crippen MR) is 84.1 cm³/mol. The van der Waals surface area contributed by atoms with Gasteiger partial charge in [-0.15, -0.1) is 0 Å². The van der Waals surface area contributed by atoms with Crippen molar-refractivity contribution in [3.63, 3.8) is 0 Å². The summed E-state index contributed by atoms with van der Waals surface area (Å²) < 4.78 is 14.9. The van der Waals surface area contributed by atoms with E-state index in [9.17, 15) is 4.39 Å². The number of rotatable bonds is 5. The zero-order valence-electron chi connectivity index (χ0n) is 12.0. The average molecular weight is 340 g/mol. The smallest absolute Gasteiger partial charge is 0.142 e. The normalized spacial score (nSPS) is 29.9. The van der Waals surface area contributed by atoms with Crippen LogP contribution in [-0.4, -0.2) is 6.54 Å². The van der Waals surface area contributed by atoms with Crippen LogP contribution in [0.1, 0.15) is 50.6 Å². The lowest BCUT2D eigenvalue weighted by atomic mass is 9.82. The fourth-order valence-electron chi connectivity index (χ4n) is 4.32. The molecule has 0 heterocycles. The van der Waals surface area contributed by atoms with E-state index in [1.807, 2.05) is 12.1 Å². The van der Waals surface area contributed by atoms with E-state index >= 15 is 0 Å². The van der Waals surface area contributed by atoms with E-state index in [1.165, 1.54) is 25.7 Å². The molecule has 0 saturated heterocycles. The van der Waals surface area contributed by atoms with E-state index in [2.05, 4.69) is 28.2 Å². The monoisotopic (exact) mass is 339 g/mol. The fraction of sp³-hybridized carbons (Fsp3) is 0.647. The Kier molecular flexibility index (Phi) is 4.46. The van der Waals surface area contributed by atoms with Crippen molar-refractivity contribution in [3.05, 3.63) is 34.1 Å². The second-order valence-corrected chi connectivity index (χ2v) is 7.28. The highest BCUT2D eigenvalue weighted by Gasteiger charge is 2.40.